The number of carbonyl (C=O) groups excluding carboxylic acids is 2. The van der Waals surface area contributed by atoms with Gasteiger partial charge in [-0.2, -0.15) is 8.42 Å². The summed E-state index contributed by atoms with van der Waals surface area (Å²) in [4.78, 5) is 22.5. The van der Waals surface area contributed by atoms with E-state index in [-0.39, 0.29) is 36.2 Å². The third-order valence-electron chi connectivity index (χ3n) is 2.50. The summed E-state index contributed by atoms with van der Waals surface area (Å²) in [6, 6.07) is 0. The Hall–Kier alpha value is -0.410. The fourth-order valence-corrected chi connectivity index (χ4v) is 2.33. The van der Waals surface area contributed by atoms with Crippen molar-refractivity contribution in [3.05, 3.63) is 12.7 Å². The van der Waals surface area contributed by atoms with E-state index in [1.165, 1.54) is 0 Å². The van der Waals surface area contributed by atoms with Crippen molar-refractivity contribution in [2.75, 3.05) is 6.61 Å². The number of unbranched alkanes of at least 4 members (excludes halogenated alkanes) is 1. The minimum Gasteiger partial charge on any atom is -0.550 e. The molecule has 0 bridgehead atoms. The van der Waals surface area contributed by atoms with Crippen LogP contribution < -0.4 is 34.7 Å². The number of carboxylic acids is 1. The van der Waals surface area contributed by atoms with Crippen molar-refractivity contribution in [1.29, 1.82) is 0 Å². The average molecular weight is 316 g/mol. The number of rotatable bonds is 9. The summed E-state index contributed by atoms with van der Waals surface area (Å²) in [6.07, 6.45) is 0.451. The summed E-state index contributed by atoms with van der Waals surface area (Å²) in [5.41, 5.74) is 0. The van der Waals surface area contributed by atoms with E-state index in [1.807, 2.05) is 6.92 Å². The molecule has 9 heteroatoms. The van der Waals surface area contributed by atoms with Gasteiger partial charge < -0.3 is 14.6 Å². The zero-order chi connectivity index (χ0) is 15.1. The molecule has 0 saturated carbocycles. The van der Waals surface area contributed by atoms with E-state index in [1.54, 1.807) is 0 Å². The Morgan fingerprint density at radius 3 is 2.35 bits per heavy atom. The van der Waals surface area contributed by atoms with Crippen molar-refractivity contribution < 1.29 is 62.0 Å². The first-order valence-electron chi connectivity index (χ1n) is 5.66. The second kappa shape index (κ2) is 9.51. The molecule has 0 aliphatic carbocycles. The van der Waals surface area contributed by atoms with Crippen molar-refractivity contribution in [2.45, 2.75) is 37.4 Å². The monoisotopic (exact) mass is 316 g/mol. The number of aliphatic carboxylic acids is 1. The van der Waals surface area contributed by atoms with Crippen molar-refractivity contribution in [3.63, 3.8) is 0 Å². The van der Waals surface area contributed by atoms with Crippen LogP contribution in [0.15, 0.2) is 12.7 Å². The van der Waals surface area contributed by atoms with Gasteiger partial charge in [-0.05, 0) is 12.8 Å². The summed E-state index contributed by atoms with van der Waals surface area (Å²) < 4.78 is 34.0. The molecule has 1 atom stereocenters. The number of hydrogen-bond acceptors (Lipinski definition) is 6. The Bertz CT molecular complexity index is 446. The van der Waals surface area contributed by atoms with E-state index in [0.29, 0.717) is 12.8 Å². The van der Waals surface area contributed by atoms with Crippen LogP contribution >= 0.6 is 0 Å². The first-order valence-corrected chi connectivity index (χ1v) is 7.10. The molecule has 20 heavy (non-hydrogen) atoms. The minimum absolute atomic E-state index is 0. The molecule has 0 aliphatic rings. The molecule has 0 aromatic heterocycles. The first kappa shape index (κ1) is 21.9. The molecule has 110 valence electrons. The first-order chi connectivity index (χ1) is 8.71. The van der Waals surface area contributed by atoms with Gasteiger partial charge in [0.1, 0.15) is 0 Å². The predicted molar refractivity (Wildman–Crippen MR) is 64.6 cm³/mol. The smallest absolute Gasteiger partial charge is 0.550 e. The van der Waals surface area contributed by atoms with Gasteiger partial charge in [0.2, 0.25) is 4.75 Å². The van der Waals surface area contributed by atoms with E-state index in [0.717, 1.165) is 6.08 Å². The molecule has 1 unspecified atom stereocenters. The van der Waals surface area contributed by atoms with Crippen LogP contribution in [0.25, 0.3) is 0 Å². The Balaban J connectivity index is 0. The van der Waals surface area contributed by atoms with Gasteiger partial charge in [-0.3, -0.25) is 9.35 Å². The standard InChI is InChI=1S/C11H18O7S.Na/c1-3-5-7-18-10(14)11(6-4-2,8-9(12)13)19(15,16)17;/h4H,2-3,5-8H2,1H3,(H,12,13)(H,15,16,17);/q;+1/p-1. The summed E-state index contributed by atoms with van der Waals surface area (Å²) in [5, 5.41) is 10.6. The van der Waals surface area contributed by atoms with Crippen LogP contribution in [0.4, 0.5) is 0 Å². The molecule has 0 rings (SSSR count). The molecule has 0 saturated heterocycles. The summed E-state index contributed by atoms with van der Waals surface area (Å²) in [6.45, 7) is 5.02. The Morgan fingerprint density at radius 2 is 2.00 bits per heavy atom. The fourth-order valence-electron chi connectivity index (χ4n) is 1.44. The molecular weight excluding hydrogens is 299 g/mol. The summed E-state index contributed by atoms with van der Waals surface area (Å²) >= 11 is 0. The maximum absolute atomic E-state index is 11.8. The largest absolute Gasteiger partial charge is 1.00 e. The van der Waals surface area contributed by atoms with Crippen molar-refractivity contribution in [1.82, 2.24) is 0 Å². The summed E-state index contributed by atoms with van der Waals surface area (Å²) in [5.74, 6) is -3.10. The number of carboxylic acid groups (broad SMARTS) is 1. The summed E-state index contributed by atoms with van der Waals surface area (Å²) in [7, 11) is -4.99. The molecule has 0 heterocycles. The number of esters is 1. The van der Waals surface area contributed by atoms with Gasteiger partial charge in [0.15, 0.2) is 0 Å². The number of carbonyl (C=O) groups is 2. The van der Waals surface area contributed by atoms with E-state index in [9.17, 15) is 23.1 Å². The molecule has 7 nitrogen and oxygen atoms in total. The van der Waals surface area contributed by atoms with Crippen LogP contribution in [0.2, 0.25) is 0 Å². The van der Waals surface area contributed by atoms with Crippen molar-refractivity contribution >= 4 is 22.1 Å². The topological polar surface area (TPSA) is 121 Å². The van der Waals surface area contributed by atoms with E-state index < -0.39 is 39.6 Å². The maximum Gasteiger partial charge on any atom is 1.00 e. The molecule has 0 aromatic carbocycles. The molecule has 0 fully saturated rings. The van der Waals surface area contributed by atoms with Crippen molar-refractivity contribution in [3.8, 4) is 0 Å². The predicted octanol–water partition coefficient (Wildman–Crippen LogP) is -3.32. The van der Waals surface area contributed by atoms with Gasteiger partial charge in [-0.15, -0.1) is 6.58 Å². The number of hydrogen-bond donors (Lipinski definition) is 1. The van der Waals surface area contributed by atoms with Gasteiger partial charge in [0.25, 0.3) is 10.1 Å². The molecule has 1 N–H and O–H groups in total. The Kier molecular flexibility index (Phi) is 10.4. The third-order valence-corrected chi connectivity index (χ3v) is 3.97. The van der Waals surface area contributed by atoms with Gasteiger partial charge >= 0.3 is 35.5 Å². The van der Waals surface area contributed by atoms with Gasteiger partial charge in [0.05, 0.1) is 6.61 Å². The molecule has 0 spiro atoms. The third kappa shape index (κ3) is 5.92. The second-order valence-corrected chi connectivity index (χ2v) is 5.73. The van der Waals surface area contributed by atoms with Crippen LogP contribution in [0.3, 0.4) is 0 Å². The van der Waals surface area contributed by atoms with Crippen molar-refractivity contribution in [2.24, 2.45) is 0 Å². The SMILES string of the molecule is C=CCC(CC(=O)[O-])(C(=O)OCCCC)S(=O)(=O)O.[Na+]. The maximum atomic E-state index is 11.8. The molecule has 0 aliphatic heterocycles. The average Bonchev–Trinajstić information content (AvgIpc) is 2.26. The molecule has 0 radical (unpaired) electrons. The van der Waals surface area contributed by atoms with Crippen LogP contribution in [0, 0.1) is 0 Å². The fraction of sp³-hybridized carbons (Fsp3) is 0.636. The van der Waals surface area contributed by atoms with E-state index in [2.05, 4.69) is 6.58 Å². The van der Waals surface area contributed by atoms with Crippen LogP contribution in [-0.4, -0.2) is 36.3 Å². The second-order valence-electron chi connectivity index (χ2n) is 4.00. The number of ether oxygens (including phenoxy) is 1. The van der Waals surface area contributed by atoms with E-state index >= 15 is 0 Å². The van der Waals surface area contributed by atoms with Gasteiger partial charge in [0, 0.05) is 12.4 Å². The van der Waals surface area contributed by atoms with Gasteiger partial charge in [-0.1, -0.05) is 19.4 Å². The Labute approximate surface area is 140 Å². The van der Waals surface area contributed by atoms with Gasteiger partial charge in [-0.25, -0.2) is 0 Å². The molecular formula is C11H17NaO7S. The van der Waals surface area contributed by atoms with Crippen LogP contribution in [0.5, 0.6) is 0 Å². The Morgan fingerprint density at radius 1 is 1.45 bits per heavy atom. The van der Waals surface area contributed by atoms with Crippen LogP contribution in [0.1, 0.15) is 32.6 Å². The molecule has 0 aromatic rings. The minimum atomic E-state index is -4.99. The number of allylic oxidation sites excluding steroid dienone is 1. The normalized spacial score (nSPS) is 13.7. The van der Waals surface area contributed by atoms with Crippen LogP contribution in [-0.2, 0) is 24.4 Å². The quantitative estimate of drug-likeness (QED) is 0.155. The van der Waals surface area contributed by atoms with E-state index in [4.69, 9.17) is 9.29 Å². The molecule has 0 amide bonds. The zero-order valence-corrected chi connectivity index (χ0v) is 14.4. The zero-order valence-electron chi connectivity index (χ0n) is 11.6.